The van der Waals surface area contributed by atoms with Gasteiger partial charge in [-0.05, 0) is 30.1 Å². The van der Waals surface area contributed by atoms with E-state index in [4.69, 9.17) is 16.7 Å². The molecule has 4 saturated carbocycles. The summed E-state index contributed by atoms with van der Waals surface area (Å²) in [6.07, 6.45) is 1.08. The number of alkyl halides is 1. The van der Waals surface area contributed by atoms with Crippen molar-refractivity contribution < 1.29 is 9.90 Å². The van der Waals surface area contributed by atoms with E-state index in [2.05, 4.69) is 0 Å². The Morgan fingerprint density at radius 1 is 1.36 bits per heavy atom. The third kappa shape index (κ3) is 0.516. The minimum Gasteiger partial charge on any atom is -0.481 e. The summed E-state index contributed by atoms with van der Waals surface area (Å²) in [5.41, 5.74) is 0. The van der Waals surface area contributed by atoms with Crippen LogP contribution in [0.1, 0.15) is 6.42 Å². The number of halogens is 1. The summed E-state index contributed by atoms with van der Waals surface area (Å²) in [5.74, 6) is 1.31. The first-order chi connectivity index (χ1) is 5.22. The summed E-state index contributed by atoms with van der Waals surface area (Å²) in [5, 5.41) is 9.05. The van der Waals surface area contributed by atoms with Crippen LogP contribution in [0.3, 0.4) is 0 Å². The second-order valence-electron chi connectivity index (χ2n) is 4.03. The monoisotopic (exact) mass is 172 g/mol. The van der Waals surface area contributed by atoms with Crippen molar-refractivity contribution in [3.63, 3.8) is 0 Å². The highest BCUT2D eigenvalue weighted by atomic mass is 35.5. The fourth-order valence-electron chi connectivity index (χ4n) is 3.40. The maximum absolute atomic E-state index is 10.8. The van der Waals surface area contributed by atoms with Crippen LogP contribution in [0.4, 0.5) is 0 Å². The first-order valence-corrected chi connectivity index (χ1v) is 4.52. The Balaban J connectivity index is 1.97. The predicted octanol–water partition coefficient (Wildman–Crippen LogP) is 1.19. The van der Waals surface area contributed by atoms with Gasteiger partial charge in [0.05, 0.1) is 5.92 Å². The van der Waals surface area contributed by atoms with E-state index in [0.717, 1.165) is 6.42 Å². The molecule has 0 heterocycles. The topological polar surface area (TPSA) is 37.3 Å². The summed E-state index contributed by atoms with van der Waals surface area (Å²) in [6, 6.07) is 0. The Bertz CT molecular complexity index is 240. The molecule has 4 aliphatic rings. The van der Waals surface area contributed by atoms with Crippen LogP contribution in [0.5, 0.6) is 0 Å². The van der Waals surface area contributed by atoms with Crippen molar-refractivity contribution in [1.29, 1.82) is 0 Å². The van der Waals surface area contributed by atoms with Gasteiger partial charge < -0.3 is 5.11 Å². The van der Waals surface area contributed by atoms with Gasteiger partial charge in [-0.1, -0.05) is 0 Å². The van der Waals surface area contributed by atoms with Crippen LogP contribution >= 0.6 is 11.6 Å². The largest absolute Gasteiger partial charge is 0.481 e. The van der Waals surface area contributed by atoms with E-state index in [1.54, 1.807) is 0 Å². The van der Waals surface area contributed by atoms with E-state index >= 15 is 0 Å². The van der Waals surface area contributed by atoms with Crippen LogP contribution in [-0.4, -0.2) is 16.5 Å². The number of rotatable bonds is 1. The smallest absolute Gasteiger partial charge is 0.307 e. The Morgan fingerprint density at radius 2 is 2.09 bits per heavy atom. The minimum atomic E-state index is -0.617. The molecule has 0 radical (unpaired) electrons. The number of carboxylic acid groups (broad SMARTS) is 1. The molecule has 0 spiro atoms. The standard InChI is InChI=1S/C8H9ClO2/c9-7-3-1-2-4(5(2)7)6(3)8(10)11/h2-7H,1H2,(H,10,11)/t2-,3+,4+,5-,6+,7-/m1/s1. The second kappa shape index (κ2) is 1.58. The van der Waals surface area contributed by atoms with E-state index in [9.17, 15) is 4.79 Å². The van der Waals surface area contributed by atoms with Gasteiger partial charge in [0, 0.05) is 5.38 Å². The lowest BCUT2D eigenvalue weighted by atomic mass is 9.99. The quantitative estimate of drug-likeness (QED) is 0.604. The van der Waals surface area contributed by atoms with E-state index in [-0.39, 0.29) is 11.3 Å². The van der Waals surface area contributed by atoms with Crippen LogP contribution in [0.15, 0.2) is 0 Å². The molecule has 6 atom stereocenters. The van der Waals surface area contributed by atoms with Crippen molar-refractivity contribution in [2.24, 2.45) is 29.6 Å². The maximum Gasteiger partial charge on any atom is 0.307 e. The Morgan fingerprint density at radius 3 is 2.27 bits per heavy atom. The van der Waals surface area contributed by atoms with Crippen molar-refractivity contribution in [3.8, 4) is 0 Å². The molecule has 2 nitrogen and oxygen atoms in total. The molecule has 0 unspecified atom stereocenters. The molecule has 3 heteroatoms. The molecule has 4 fully saturated rings. The number of aliphatic carboxylic acids is 1. The highest BCUT2D eigenvalue weighted by molar-refractivity contribution is 6.22. The van der Waals surface area contributed by atoms with Crippen LogP contribution < -0.4 is 0 Å². The molecule has 60 valence electrons. The normalized spacial score (nSPS) is 63.4. The zero-order chi connectivity index (χ0) is 7.75. The van der Waals surface area contributed by atoms with Gasteiger partial charge >= 0.3 is 5.97 Å². The van der Waals surface area contributed by atoms with Gasteiger partial charge in [-0.3, -0.25) is 4.79 Å². The zero-order valence-electron chi connectivity index (χ0n) is 5.90. The molecular formula is C8H9ClO2. The van der Waals surface area contributed by atoms with Crippen molar-refractivity contribution in [2.75, 3.05) is 0 Å². The lowest BCUT2D eigenvalue weighted by Crippen LogP contribution is -2.20. The van der Waals surface area contributed by atoms with E-state index in [0.29, 0.717) is 23.7 Å². The van der Waals surface area contributed by atoms with Gasteiger partial charge in [-0.2, -0.15) is 0 Å². The molecule has 4 rings (SSSR count). The van der Waals surface area contributed by atoms with E-state index in [1.807, 2.05) is 0 Å². The summed E-state index contributed by atoms with van der Waals surface area (Å²) >= 11 is 6.07. The van der Waals surface area contributed by atoms with Crippen LogP contribution in [0.2, 0.25) is 0 Å². The highest BCUT2D eigenvalue weighted by Gasteiger charge is 2.74. The van der Waals surface area contributed by atoms with Crippen molar-refractivity contribution >= 4 is 17.6 Å². The SMILES string of the molecule is O=C(O)[C@H]1[C@@H]2C[C@H]3[C@@H]([C@@H]2Cl)[C@H]31. The third-order valence-electron chi connectivity index (χ3n) is 3.77. The summed E-state index contributed by atoms with van der Waals surface area (Å²) < 4.78 is 0. The average molecular weight is 173 g/mol. The predicted molar refractivity (Wildman–Crippen MR) is 39.3 cm³/mol. The average Bonchev–Trinajstić information content (AvgIpc) is 2.33. The molecule has 0 aromatic carbocycles. The number of carboxylic acids is 1. The van der Waals surface area contributed by atoms with Gasteiger partial charge in [-0.15, -0.1) is 11.6 Å². The lowest BCUT2D eigenvalue weighted by Gasteiger charge is -2.10. The Labute approximate surface area is 69.5 Å². The van der Waals surface area contributed by atoms with Crippen molar-refractivity contribution in [3.05, 3.63) is 0 Å². The summed E-state index contributed by atoms with van der Waals surface area (Å²) in [4.78, 5) is 10.8. The summed E-state index contributed by atoms with van der Waals surface area (Å²) in [7, 11) is 0. The van der Waals surface area contributed by atoms with E-state index in [1.165, 1.54) is 0 Å². The number of hydrogen-bond donors (Lipinski definition) is 1. The van der Waals surface area contributed by atoms with Gasteiger partial charge in [0.15, 0.2) is 0 Å². The Kier molecular flexibility index (Phi) is 0.905. The first-order valence-electron chi connectivity index (χ1n) is 4.08. The molecule has 0 aliphatic heterocycles. The molecule has 0 saturated heterocycles. The van der Waals surface area contributed by atoms with Gasteiger partial charge in [0.2, 0.25) is 0 Å². The van der Waals surface area contributed by atoms with Gasteiger partial charge in [-0.25, -0.2) is 0 Å². The fourth-order valence-corrected chi connectivity index (χ4v) is 4.02. The third-order valence-corrected chi connectivity index (χ3v) is 4.39. The Hall–Kier alpha value is -0.240. The number of carbonyl (C=O) groups is 1. The zero-order valence-corrected chi connectivity index (χ0v) is 6.66. The number of hydrogen-bond acceptors (Lipinski definition) is 1. The molecular weight excluding hydrogens is 164 g/mol. The maximum atomic E-state index is 10.8. The second-order valence-corrected chi connectivity index (χ2v) is 4.53. The summed E-state index contributed by atoms with van der Waals surface area (Å²) in [6.45, 7) is 0. The molecule has 11 heavy (non-hydrogen) atoms. The molecule has 4 aliphatic carbocycles. The van der Waals surface area contributed by atoms with Gasteiger partial charge in [0.25, 0.3) is 0 Å². The molecule has 0 amide bonds. The minimum absolute atomic E-state index is 0.0903. The molecule has 4 bridgehead atoms. The fraction of sp³-hybridized carbons (Fsp3) is 0.875. The van der Waals surface area contributed by atoms with Crippen LogP contribution in [0.25, 0.3) is 0 Å². The first kappa shape index (κ1) is 6.30. The van der Waals surface area contributed by atoms with Gasteiger partial charge in [0.1, 0.15) is 0 Å². The molecule has 1 N–H and O–H groups in total. The lowest BCUT2D eigenvalue weighted by molar-refractivity contribution is -0.143. The van der Waals surface area contributed by atoms with E-state index < -0.39 is 5.97 Å². The molecule has 0 aromatic rings. The van der Waals surface area contributed by atoms with Crippen molar-refractivity contribution in [1.82, 2.24) is 0 Å². The van der Waals surface area contributed by atoms with Crippen LogP contribution in [-0.2, 0) is 4.79 Å². The van der Waals surface area contributed by atoms with Crippen LogP contribution in [0, 0.1) is 29.6 Å². The highest BCUT2D eigenvalue weighted by Crippen LogP contribution is 2.74. The molecule has 0 aromatic heterocycles. The van der Waals surface area contributed by atoms with Crippen molar-refractivity contribution in [2.45, 2.75) is 11.8 Å².